The summed E-state index contributed by atoms with van der Waals surface area (Å²) in [5.74, 6) is 0.814. The van der Waals surface area contributed by atoms with Crippen molar-refractivity contribution in [2.75, 3.05) is 13.2 Å². The monoisotopic (exact) mass is 330 g/mol. The molecule has 0 unspecified atom stereocenters. The molecule has 0 bridgehead atoms. The predicted octanol–water partition coefficient (Wildman–Crippen LogP) is 2.17. The number of aliphatic hydroxyl groups excluding tert-OH is 1. The van der Waals surface area contributed by atoms with E-state index in [1.165, 1.54) is 0 Å². The molecule has 6 nitrogen and oxygen atoms in total. The van der Waals surface area contributed by atoms with Crippen molar-refractivity contribution >= 4 is 5.91 Å². The van der Waals surface area contributed by atoms with Gasteiger partial charge in [0.15, 0.2) is 11.5 Å². The van der Waals surface area contributed by atoms with Gasteiger partial charge in [-0.2, -0.15) is 0 Å². The molecule has 2 aromatic rings. The summed E-state index contributed by atoms with van der Waals surface area (Å²) in [6.07, 6.45) is 3.41. The number of nitrogens with zero attached hydrogens (tertiary/aromatic N) is 1. The summed E-state index contributed by atoms with van der Waals surface area (Å²) in [6, 6.07) is 8.46. The van der Waals surface area contributed by atoms with E-state index in [1.54, 1.807) is 37.5 Å². The van der Waals surface area contributed by atoms with E-state index in [2.05, 4.69) is 10.3 Å². The molecule has 2 rings (SSSR count). The summed E-state index contributed by atoms with van der Waals surface area (Å²) < 4.78 is 11.4. The van der Waals surface area contributed by atoms with Crippen molar-refractivity contribution in [3.8, 4) is 11.5 Å². The standard InChI is InChI=1S/C18H22N2O4/c1-3-23-17-10-15(18(22)20-13(2)11-21)4-5-16(17)24-12-14-6-8-19-9-7-14/h4-10,13,21H,3,11-12H2,1-2H3,(H,20,22)/t13-/m0/s1. The van der Waals surface area contributed by atoms with Crippen molar-refractivity contribution in [3.05, 3.63) is 53.9 Å². The minimum absolute atomic E-state index is 0.114. The summed E-state index contributed by atoms with van der Waals surface area (Å²) in [7, 11) is 0. The van der Waals surface area contributed by atoms with E-state index < -0.39 is 0 Å². The van der Waals surface area contributed by atoms with Crippen LogP contribution in [0.5, 0.6) is 11.5 Å². The molecule has 0 aliphatic carbocycles. The third kappa shape index (κ3) is 4.96. The van der Waals surface area contributed by atoms with Gasteiger partial charge in [-0.25, -0.2) is 0 Å². The Kier molecular flexibility index (Phi) is 6.57. The average molecular weight is 330 g/mol. The van der Waals surface area contributed by atoms with Crippen molar-refractivity contribution in [3.63, 3.8) is 0 Å². The Labute approximate surface area is 141 Å². The third-order valence-electron chi connectivity index (χ3n) is 3.30. The lowest BCUT2D eigenvalue weighted by Crippen LogP contribution is -2.34. The second kappa shape index (κ2) is 8.88. The van der Waals surface area contributed by atoms with E-state index in [9.17, 15) is 4.79 Å². The number of benzene rings is 1. The maximum Gasteiger partial charge on any atom is 0.251 e. The second-order valence-corrected chi connectivity index (χ2v) is 5.30. The Morgan fingerprint density at radius 2 is 1.96 bits per heavy atom. The van der Waals surface area contributed by atoms with Crippen molar-refractivity contribution in [1.29, 1.82) is 0 Å². The molecule has 0 fully saturated rings. The highest BCUT2D eigenvalue weighted by molar-refractivity contribution is 5.95. The Morgan fingerprint density at radius 3 is 2.62 bits per heavy atom. The zero-order valence-corrected chi connectivity index (χ0v) is 13.9. The molecule has 1 aromatic carbocycles. The van der Waals surface area contributed by atoms with Crippen LogP contribution in [-0.2, 0) is 6.61 Å². The number of aromatic nitrogens is 1. The van der Waals surface area contributed by atoms with Crippen LogP contribution in [0.3, 0.4) is 0 Å². The number of hydrogen-bond acceptors (Lipinski definition) is 5. The zero-order chi connectivity index (χ0) is 17.4. The first kappa shape index (κ1) is 17.7. The van der Waals surface area contributed by atoms with Crippen LogP contribution < -0.4 is 14.8 Å². The number of hydrogen-bond donors (Lipinski definition) is 2. The van der Waals surface area contributed by atoms with Crippen molar-refractivity contribution in [1.82, 2.24) is 10.3 Å². The van der Waals surface area contributed by atoms with Crippen molar-refractivity contribution < 1.29 is 19.4 Å². The molecule has 0 spiro atoms. The number of pyridine rings is 1. The highest BCUT2D eigenvalue weighted by Gasteiger charge is 2.13. The molecule has 128 valence electrons. The third-order valence-corrected chi connectivity index (χ3v) is 3.30. The summed E-state index contributed by atoms with van der Waals surface area (Å²) in [4.78, 5) is 16.1. The van der Waals surface area contributed by atoms with Gasteiger partial charge in [0.2, 0.25) is 0 Å². The van der Waals surface area contributed by atoms with Crippen LogP contribution in [0.4, 0.5) is 0 Å². The van der Waals surface area contributed by atoms with Gasteiger partial charge in [-0.05, 0) is 49.7 Å². The first-order valence-electron chi connectivity index (χ1n) is 7.84. The van der Waals surface area contributed by atoms with Gasteiger partial charge in [-0.1, -0.05) is 0 Å². The molecule has 0 saturated carbocycles. The van der Waals surface area contributed by atoms with E-state index in [4.69, 9.17) is 14.6 Å². The molecule has 0 aliphatic heterocycles. The summed E-state index contributed by atoms with van der Waals surface area (Å²) in [5.41, 5.74) is 1.45. The van der Waals surface area contributed by atoms with Crippen LogP contribution in [0.25, 0.3) is 0 Å². The number of carbonyl (C=O) groups excluding carboxylic acids is 1. The number of nitrogens with one attached hydrogen (secondary N) is 1. The molecule has 1 heterocycles. The number of ether oxygens (including phenoxy) is 2. The first-order chi connectivity index (χ1) is 11.6. The van der Waals surface area contributed by atoms with Crippen molar-refractivity contribution in [2.24, 2.45) is 0 Å². The van der Waals surface area contributed by atoms with E-state index in [0.29, 0.717) is 30.3 Å². The van der Waals surface area contributed by atoms with Gasteiger partial charge in [-0.3, -0.25) is 9.78 Å². The van der Waals surface area contributed by atoms with Gasteiger partial charge in [-0.15, -0.1) is 0 Å². The number of carbonyl (C=O) groups is 1. The molecule has 1 aromatic heterocycles. The molecule has 0 aliphatic rings. The fraction of sp³-hybridized carbons (Fsp3) is 0.333. The first-order valence-corrected chi connectivity index (χ1v) is 7.84. The second-order valence-electron chi connectivity index (χ2n) is 5.30. The van der Waals surface area contributed by atoms with Crippen LogP contribution in [0.2, 0.25) is 0 Å². The minimum Gasteiger partial charge on any atom is -0.490 e. The zero-order valence-electron chi connectivity index (χ0n) is 13.9. The average Bonchev–Trinajstić information content (AvgIpc) is 2.61. The smallest absolute Gasteiger partial charge is 0.251 e. The van der Waals surface area contributed by atoms with Crippen LogP contribution in [0, 0.1) is 0 Å². The van der Waals surface area contributed by atoms with Gasteiger partial charge in [0.1, 0.15) is 6.61 Å². The predicted molar refractivity (Wildman–Crippen MR) is 90.2 cm³/mol. The lowest BCUT2D eigenvalue weighted by atomic mass is 10.1. The van der Waals surface area contributed by atoms with Crippen LogP contribution in [0.1, 0.15) is 29.8 Å². The van der Waals surface area contributed by atoms with Crippen molar-refractivity contribution in [2.45, 2.75) is 26.5 Å². The Balaban J connectivity index is 2.12. The van der Waals surface area contributed by atoms with E-state index in [0.717, 1.165) is 5.56 Å². The molecular formula is C18H22N2O4. The number of amides is 1. The SMILES string of the molecule is CCOc1cc(C(=O)N[C@@H](C)CO)ccc1OCc1ccncc1. The summed E-state index contributed by atoms with van der Waals surface area (Å²) in [6.45, 7) is 4.33. The summed E-state index contributed by atoms with van der Waals surface area (Å²) >= 11 is 0. The van der Waals surface area contributed by atoms with Crippen LogP contribution >= 0.6 is 0 Å². The van der Waals surface area contributed by atoms with E-state index in [1.807, 2.05) is 19.1 Å². The van der Waals surface area contributed by atoms with Gasteiger partial charge < -0.3 is 19.9 Å². The van der Waals surface area contributed by atoms with Crippen LogP contribution in [-0.4, -0.2) is 35.3 Å². The highest BCUT2D eigenvalue weighted by atomic mass is 16.5. The Bertz CT molecular complexity index is 661. The highest BCUT2D eigenvalue weighted by Crippen LogP contribution is 2.29. The molecule has 0 radical (unpaired) electrons. The lowest BCUT2D eigenvalue weighted by molar-refractivity contribution is 0.0921. The molecule has 0 saturated heterocycles. The molecule has 24 heavy (non-hydrogen) atoms. The molecule has 1 atom stereocenters. The summed E-state index contributed by atoms with van der Waals surface area (Å²) in [5, 5.41) is 11.7. The molecule has 6 heteroatoms. The fourth-order valence-electron chi connectivity index (χ4n) is 2.03. The topological polar surface area (TPSA) is 80.7 Å². The number of aliphatic hydroxyl groups is 1. The van der Waals surface area contributed by atoms with Gasteiger partial charge >= 0.3 is 0 Å². The lowest BCUT2D eigenvalue weighted by Gasteiger charge is -2.15. The number of rotatable bonds is 8. The Hall–Kier alpha value is -2.60. The normalized spacial score (nSPS) is 11.6. The van der Waals surface area contributed by atoms with E-state index in [-0.39, 0.29) is 18.6 Å². The maximum absolute atomic E-state index is 12.1. The van der Waals surface area contributed by atoms with Gasteiger partial charge in [0.25, 0.3) is 5.91 Å². The molecule has 1 amide bonds. The largest absolute Gasteiger partial charge is 0.490 e. The maximum atomic E-state index is 12.1. The van der Waals surface area contributed by atoms with Crippen LogP contribution in [0.15, 0.2) is 42.7 Å². The molecule has 2 N–H and O–H groups in total. The molecular weight excluding hydrogens is 308 g/mol. The van der Waals surface area contributed by atoms with Gasteiger partial charge in [0.05, 0.1) is 13.2 Å². The Morgan fingerprint density at radius 1 is 1.21 bits per heavy atom. The fourth-order valence-corrected chi connectivity index (χ4v) is 2.03. The van der Waals surface area contributed by atoms with E-state index >= 15 is 0 Å². The van der Waals surface area contributed by atoms with Gasteiger partial charge in [0, 0.05) is 24.0 Å². The minimum atomic E-state index is -0.310. The quantitative estimate of drug-likeness (QED) is 0.775.